The van der Waals surface area contributed by atoms with Crippen molar-refractivity contribution < 1.29 is 19.4 Å². The first-order valence-corrected chi connectivity index (χ1v) is 8.56. The second-order valence-electron chi connectivity index (χ2n) is 7.18. The number of hydrogen-bond acceptors (Lipinski definition) is 4. The van der Waals surface area contributed by atoms with E-state index in [0.717, 1.165) is 5.56 Å². The first-order valence-electron chi connectivity index (χ1n) is 7.57. The molecule has 1 atom stereocenters. The van der Waals surface area contributed by atoms with Crippen LogP contribution in [0.25, 0.3) is 0 Å². The van der Waals surface area contributed by atoms with Crippen molar-refractivity contribution in [3.63, 3.8) is 0 Å². The Labute approximate surface area is 142 Å². The number of thioether (sulfide) groups is 1. The molecule has 23 heavy (non-hydrogen) atoms. The number of carboxylic acid groups (broad SMARTS) is 1. The number of esters is 1. The predicted molar refractivity (Wildman–Crippen MR) is 93.5 cm³/mol. The van der Waals surface area contributed by atoms with E-state index in [4.69, 9.17) is 4.74 Å². The molecule has 0 heterocycles. The fraction of sp³-hybridized carbons (Fsp3) is 0.556. The molecule has 0 saturated carbocycles. The van der Waals surface area contributed by atoms with Gasteiger partial charge in [-0.2, -0.15) is 0 Å². The summed E-state index contributed by atoms with van der Waals surface area (Å²) in [6, 6.07) is 8.07. The molecule has 0 radical (unpaired) electrons. The molecule has 0 aromatic heterocycles. The molecule has 0 aliphatic rings. The van der Waals surface area contributed by atoms with Gasteiger partial charge in [-0.1, -0.05) is 29.8 Å². The van der Waals surface area contributed by atoms with E-state index in [1.807, 2.05) is 31.2 Å². The number of hydrogen-bond donors (Lipinski definition) is 1. The van der Waals surface area contributed by atoms with Crippen LogP contribution in [0.3, 0.4) is 0 Å². The Morgan fingerprint density at radius 2 is 1.65 bits per heavy atom. The fourth-order valence-electron chi connectivity index (χ4n) is 2.08. The standard InChI is InChI=1S/C18H26O4S/c1-12-7-9-13(10-8-12)11-23-18(5,6)14(15(19)20)16(21)22-17(2,3)4/h7-10,14H,11H2,1-6H3,(H,19,20)/t14-/m1/s1. The maximum absolute atomic E-state index is 12.3. The quantitative estimate of drug-likeness (QED) is 0.626. The highest BCUT2D eigenvalue weighted by Gasteiger charge is 2.43. The average molecular weight is 338 g/mol. The Balaban J connectivity index is 2.85. The van der Waals surface area contributed by atoms with E-state index in [1.54, 1.807) is 34.6 Å². The molecular weight excluding hydrogens is 312 g/mol. The number of aliphatic carboxylic acids is 1. The van der Waals surface area contributed by atoms with Crippen LogP contribution in [0.1, 0.15) is 45.7 Å². The van der Waals surface area contributed by atoms with Crippen molar-refractivity contribution in [3.05, 3.63) is 35.4 Å². The van der Waals surface area contributed by atoms with E-state index >= 15 is 0 Å². The maximum atomic E-state index is 12.3. The molecule has 1 N–H and O–H groups in total. The first-order chi connectivity index (χ1) is 10.4. The molecule has 0 aliphatic carbocycles. The van der Waals surface area contributed by atoms with E-state index in [2.05, 4.69) is 0 Å². The molecular formula is C18H26O4S. The van der Waals surface area contributed by atoms with E-state index < -0.39 is 28.2 Å². The molecule has 128 valence electrons. The van der Waals surface area contributed by atoms with Gasteiger partial charge in [0.25, 0.3) is 0 Å². The van der Waals surface area contributed by atoms with Crippen LogP contribution in [0.5, 0.6) is 0 Å². The molecule has 1 aromatic carbocycles. The van der Waals surface area contributed by atoms with Crippen molar-refractivity contribution in [3.8, 4) is 0 Å². The van der Waals surface area contributed by atoms with Crippen molar-refractivity contribution in [1.29, 1.82) is 0 Å². The van der Waals surface area contributed by atoms with E-state index in [1.165, 1.54) is 17.3 Å². The summed E-state index contributed by atoms with van der Waals surface area (Å²) in [5.74, 6) is -2.41. The van der Waals surface area contributed by atoms with Crippen molar-refractivity contribution in [2.45, 2.75) is 57.6 Å². The number of carboxylic acids is 1. The zero-order valence-electron chi connectivity index (χ0n) is 14.7. The topological polar surface area (TPSA) is 63.6 Å². The number of rotatable bonds is 6. The number of carbonyl (C=O) groups is 2. The van der Waals surface area contributed by atoms with Gasteiger partial charge in [0.15, 0.2) is 5.92 Å². The second-order valence-corrected chi connectivity index (χ2v) is 8.81. The average Bonchev–Trinajstić information content (AvgIpc) is 2.35. The SMILES string of the molecule is Cc1ccc(CSC(C)(C)[C@H](C(=O)O)C(=O)OC(C)(C)C)cc1. The Kier molecular flexibility index (Phi) is 6.28. The summed E-state index contributed by atoms with van der Waals surface area (Å²) in [7, 11) is 0. The minimum atomic E-state index is -1.21. The third kappa shape index (κ3) is 6.26. The van der Waals surface area contributed by atoms with Crippen LogP contribution in [-0.4, -0.2) is 27.4 Å². The molecule has 0 amide bonds. The van der Waals surface area contributed by atoms with Gasteiger partial charge in [0, 0.05) is 10.5 Å². The monoisotopic (exact) mass is 338 g/mol. The lowest BCUT2D eigenvalue weighted by Crippen LogP contribution is -2.43. The number of carbonyl (C=O) groups excluding carboxylic acids is 1. The Morgan fingerprint density at radius 1 is 1.13 bits per heavy atom. The third-order valence-corrected chi connectivity index (χ3v) is 4.77. The van der Waals surface area contributed by atoms with E-state index in [9.17, 15) is 14.7 Å². The van der Waals surface area contributed by atoms with Crippen LogP contribution in [0.15, 0.2) is 24.3 Å². The minimum Gasteiger partial charge on any atom is -0.481 e. The Bertz CT molecular complexity index is 555. The summed E-state index contributed by atoms with van der Waals surface area (Å²) >= 11 is 1.45. The van der Waals surface area contributed by atoms with Crippen molar-refractivity contribution in [2.24, 2.45) is 5.92 Å². The Morgan fingerprint density at radius 3 is 2.09 bits per heavy atom. The van der Waals surface area contributed by atoms with Crippen molar-refractivity contribution >= 4 is 23.7 Å². The van der Waals surface area contributed by atoms with Gasteiger partial charge < -0.3 is 9.84 Å². The molecule has 5 heteroatoms. The molecule has 0 spiro atoms. The highest BCUT2D eigenvalue weighted by atomic mass is 32.2. The van der Waals surface area contributed by atoms with Gasteiger partial charge in [-0.25, -0.2) is 0 Å². The smallest absolute Gasteiger partial charge is 0.322 e. The van der Waals surface area contributed by atoms with Crippen LogP contribution in [0.2, 0.25) is 0 Å². The molecule has 0 saturated heterocycles. The third-order valence-electron chi connectivity index (χ3n) is 3.32. The first kappa shape index (κ1) is 19.6. The lowest BCUT2D eigenvalue weighted by Gasteiger charge is -2.31. The van der Waals surface area contributed by atoms with E-state index in [0.29, 0.717) is 5.75 Å². The summed E-state index contributed by atoms with van der Waals surface area (Å²) in [6.45, 7) is 10.8. The van der Waals surface area contributed by atoms with Crippen molar-refractivity contribution in [1.82, 2.24) is 0 Å². The normalized spacial score (nSPS) is 13.5. The highest BCUT2D eigenvalue weighted by Crippen LogP contribution is 2.36. The molecule has 0 fully saturated rings. The molecule has 0 unspecified atom stereocenters. The van der Waals surface area contributed by atoms with Gasteiger partial charge in [-0.15, -0.1) is 11.8 Å². The zero-order valence-corrected chi connectivity index (χ0v) is 15.5. The second kappa shape index (κ2) is 7.39. The predicted octanol–water partition coefficient (Wildman–Crippen LogP) is 4.05. The minimum absolute atomic E-state index is 0.639. The largest absolute Gasteiger partial charge is 0.481 e. The van der Waals surface area contributed by atoms with Gasteiger partial charge in [0.1, 0.15) is 5.60 Å². The number of aryl methyl sites for hydroxylation is 1. The van der Waals surface area contributed by atoms with Gasteiger partial charge in [0.2, 0.25) is 0 Å². The summed E-state index contributed by atoms with van der Waals surface area (Å²) in [4.78, 5) is 23.9. The number of ether oxygens (including phenoxy) is 1. The highest BCUT2D eigenvalue weighted by molar-refractivity contribution is 7.99. The van der Waals surface area contributed by atoms with Crippen LogP contribution in [-0.2, 0) is 20.1 Å². The molecule has 1 aromatic rings. The van der Waals surface area contributed by atoms with Crippen LogP contribution < -0.4 is 0 Å². The maximum Gasteiger partial charge on any atom is 0.322 e. The van der Waals surface area contributed by atoms with Crippen LogP contribution in [0, 0.1) is 12.8 Å². The Hall–Kier alpha value is -1.49. The van der Waals surface area contributed by atoms with Crippen LogP contribution >= 0.6 is 11.8 Å². The van der Waals surface area contributed by atoms with Gasteiger partial charge >= 0.3 is 11.9 Å². The molecule has 0 bridgehead atoms. The molecule has 4 nitrogen and oxygen atoms in total. The molecule has 1 rings (SSSR count). The lowest BCUT2D eigenvalue weighted by molar-refractivity contribution is -0.167. The van der Waals surface area contributed by atoms with Gasteiger partial charge in [-0.3, -0.25) is 9.59 Å². The van der Waals surface area contributed by atoms with E-state index in [-0.39, 0.29) is 0 Å². The van der Waals surface area contributed by atoms with Crippen LogP contribution in [0.4, 0.5) is 0 Å². The summed E-state index contributed by atoms with van der Waals surface area (Å²) in [5.41, 5.74) is 1.57. The van der Waals surface area contributed by atoms with Gasteiger partial charge in [-0.05, 0) is 47.1 Å². The lowest BCUT2D eigenvalue weighted by atomic mass is 9.94. The number of benzene rings is 1. The molecule has 0 aliphatic heterocycles. The summed E-state index contributed by atoms with van der Waals surface area (Å²) in [6.07, 6.45) is 0. The summed E-state index contributed by atoms with van der Waals surface area (Å²) in [5, 5.41) is 9.50. The summed E-state index contributed by atoms with van der Waals surface area (Å²) < 4.78 is 4.50. The zero-order chi connectivity index (χ0) is 17.8. The fourth-order valence-corrected chi connectivity index (χ4v) is 3.17. The van der Waals surface area contributed by atoms with Crippen molar-refractivity contribution in [2.75, 3.05) is 0 Å². The van der Waals surface area contributed by atoms with Gasteiger partial charge in [0.05, 0.1) is 0 Å².